The second-order valence-corrected chi connectivity index (χ2v) is 8.31. The van der Waals surface area contributed by atoms with E-state index in [9.17, 15) is 13.6 Å². The lowest BCUT2D eigenvalue weighted by Crippen LogP contribution is -2.43. The summed E-state index contributed by atoms with van der Waals surface area (Å²) in [4.78, 5) is 20.3. The molecule has 1 fully saturated rings. The molecule has 9 heteroatoms. The van der Waals surface area contributed by atoms with Crippen molar-refractivity contribution in [1.82, 2.24) is 9.55 Å². The van der Waals surface area contributed by atoms with Crippen molar-refractivity contribution in [1.29, 1.82) is 5.26 Å². The third-order valence-corrected chi connectivity index (χ3v) is 6.07. The smallest absolute Gasteiger partial charge is 0.258 e. The first-order valence-electron chi connectivity index (χ1n) is 10.9. The van der Waals surface area contributed by atoms with E-state index in [0.717, 1.165) is 12.8 Å². The first-order chi connectivity index (χ1) is 15.8. The fourth-order valence-electron chi connectivity index (χ4n) is 4.03. The van der Waals surface area contributed by atoms with Gasteiger partial charge in [-0.1, -0.05) is 13.0 Å². The first-order valence-corrected chi connectivity index (χ1v) is 10.9. The van der Waals surface area contributed by atoms with Crippen LogP contribution in [0, 0.1) is 17.1 Å². The molecule has 1 unspecified atom stereocenters. The zero-order valence-corrected chi connectivity index (χ0v) is 19.1. The van der Waals surface area contributed by atoms with Crippen molar-refractivity contribution in [3.63, 3.8) is 0 Å². The molecule has 7 nitrogen and oxygen atoms in total. The summed E-state index contributed by atoms with van der Waals surface area (Å²) in [5, 5.41) is 9.08. The number of rotatable bonds is 7. The number of ether oxygens (including phenoxy) is 1. The van der Waals surface area contributed by atoms with Gasteiger partial charge in [-0.2, -0.15) is 5.26 Å². The van der Waals surface area contributed by atoms with Crippen LogP contribution in [0.1, 0.15) is 43.2 Å². The number of nitrogens with zero attached hydrogens (tertiary/aromatic N) is 4. The van der Waals surface area contributed by atoms with E-state index in [1.807, 2.05) is 11.8 Å². The van der Waals surface area contributed by atoms with Crippen molar-refractivity contribution >= 4 is 5.95 Å². The van der Waals surface area contributed by atoms with E-state index in [0.29, 0.717) is 42.3 Å². The Morgan fingerprint density at radius 2 is 2.12 bits per heavy atom. The van der Waals surface area contributed by atoms with Gasteiger partial charge in [-0.3, -0.25) is 9.36 Å². The maximum atomic E-state index is 14.5. The van der Waals surface area contributed by atoms with E-state index >= 15 is 0 Å². The Kier molecular flexibility index (Phi) is 7.82. The minimum atomic E-state index is -0.747. The Morgan fingerprint density at radius 1 is 1.42 bits per heavy atom. The highest BCUT2D eigenvalue weighted by Crippen LogP contribution is 2.31. The van der Waals surface area contributed by atoms with Gasteiger partial charge >= 0.3 is 0 Å². The Bertz CT molecular complexity index is 1120. The van der Waals surface area contributed by atoms with Gasteiger partial charge in [0.1, 0.15) is 24.3 Å². The van der Waals surface area contributed by atoms with Crippen molar-refractivity contribution in [3.05, 3.63) is 57.3 Å². The van der Waals surface area contributed by atoms with Gasteiger partial charge in [0, 0.05) is 37.3 Å². The first kappa shape index (κ1) is 24.4. The van der Waals surface area contributed by atoms with Gasteiger partial charge < -0.3 is 15.4 Å². The zero-order valence-electron chi connectivity index (χ0n) is 19.1. The lowest BCUT2D eigenvalue weighted by atomic mass is 9.93. The maximum Gasteiger partial charge on any atom is 0.258 e. The molecule has 33 heavy (non-hydrogen) atoms. The number of benzene rings is 1. The SMILES string of the molecule is CO/C(=C/CC(C)c1c(-c2ccc(C#N)c(F)c2)nc(N2CCC(N)CC2)n(C)c1=O)CF. The number of aromatic nitrogens is 2. The van der Waals surface area contributed by atoms with Gasteiger partial charge in [0.25, 0.3) is 5.56 Å². The van der Waals surface area contributed by atoms with Crippen LogP contribution in [-0.2, 0) is 11.8 Å². The van der Waals surface area contributed by atoms with E-state index in [2.05, 4.69) is 0 Å². The van der Waals surface area contributed by atoms with Gasteiger partial charge in [0.05, 0.1) is 18.4 Å². The predicted molar refractivity (Wildman–Crippen MR) is 123 cm³/mol. The summed E-state index contributed by atoms with van der Waals surface area (Å²) >= 11 is 0. The molecule has 0 spiro atoms. The lowest BCUT2D eigenvalue weighted by Gasteiger charge is -2.32. The molecule has 0 radical (unpaired) electrons. The largest absolute Gasteiger partial charge is 0.499 e. The number of piperidine rings is 1. The van der Waals surface area contributed by atoms with Crippen LogP contribution in [0.4, 0.5) is 14.7 Å². The molecule has 0 saturated carbocycles. The molecular formula is C24H29F2N5O2. The predicted octanol–water partition coefficient (Wildman–Crippen LogP) is 3.38. The molecule has 1 saturated heterocycles. The molecule has 2 heterocycles. The summed E-state index contributed by atoms with van der Waals surface area (Å²) in [6, 6.07) is 6.12. The average molecular weight is 458 g/mol. The number of methoxy groups -OCH3 is 1. The maximum absolute atomic E-state index is 14.5. The van der Waals surface area contributed by atoms with Crippen LogP contribution in [0.25, 0.3) is 11.3 Å². The summed E-state index contributed by atoms with van der Waals surface area (Å²) in [5.41, 5.74) is 6.84. The molecule has 1 aromatic heterocycles. The molecule has 176 valence electrons. The molecule has 0 amide bonds. The average Bonchev–Trinajstić information content (AvgIpc) is 2.81. The van der Waals surface area contributed by atoms with Gasteiger partial charge in [-0.15, -0.1) is 0 Å². The van der Waals surface area contributed by atoms with Crippen LogP contribution in [0.15, 0.2) is 34.8 Å². The van der Waals surface area contributed by atoms with Crippen molar-refractivity contribution in [3.8, 4) is 17.3 Å². The minimum Gasteiger partial charge on any atom is -0.499 e. The summed E-state index contributed by atoms with van der Waals surface area (Å²) in [6.07, 6.45) is 3.51. The topological polar surface area (TPSA) is 97.2 Å². The molecule has 1 aliphatic heterocycles. The monoisotopic (exact) mass is 457 g/mol. The molecule has 1 atom stereocenters. The van der Waals surface area contributed by atoms with E-state index in [4.69, 9.17) is 20.7 Å². The molecule has 2 aromatic rings. The van der Waals surface area contributed by atoms with Crippen LogP contribution in [0.3, 0.4) is 0 Å². The molecule has 1 aliphatic rings. The number of halogens is 2. The highest BCUT2D eigenvalue weighted by atomic mass is 19.1. The quantitative estimate of drug-likeness (QED) is 0.641. The minimum absolute atomic E-state index is 0.0851. The zero-order chi connectivity index (χ0) is 24.1. The third kappa shape index (κ3) is 5.22. The molecule has 0 aliphatic carbocycles. The Hall–Kier alpha value is -3.25. The van der Waals surface area contributed by atoms with E-state index in [1.165, 1.54) is 23.8 Å². The van der Waals surface area contributed by atoms with Crippen molar-refractivity contribution in [2.45, 2.75) is 38.1 Å². The fraction of sp³-hybridized carbons (Fsp3) is 0.458. The van der Waals surface area contributed by atoms with E-state index < -0.39 is 12.5 Å². The third-order valence-electron chi connectivity index (χ3n) is 6.07. The number of alkyl halides is 1. The molecule has 3 rings (SSSR count). The summed E-state index contributed by atoms with van der Waals surface area (Å²) in [7, 11) is 3.05. The number of hydrogen-bond acceptors (Lipinski definition) is 6. The Balaban J connectivity index is 2.16. The number of nitrogens with two attached hydrogens (primary N) is 1. The van der Waals surface area contributed by atoms with Gasteiger partial charge in [0.2, 0.25) is 5.95 Å². The van der Waals surface area contributed by atoms with Gasteiger partial charge in [0.15, 0.2) is 0 Å². The van der Waals surface area contributed by atoms with Gasteiger partial charge in [-0.25, -0.2) is 13.8 Å². The van der Waals surface area contributed by atoms with Crippen LogP contribution in [0.2, 0.25) is 0 Å². The molecule has 0 bridgehead atoms. The van der Waals surface area contributed by atoms with Crippen LogP contribution < -0.4 is 16.2 Å². The van der Waals surface area contributed by atoms with E-state index in [-0.39, 0.29) is 28.8 Å². The second-order valence-electron chi connectivity index (χ2n) is 8.31. The number of anilines is 1. The van der Waals surface area contributed by atoms with Crippen LogP contribution >= 0.6 is 0 Å². The lowest BCUT2D eigenvalue weighted by molar-refractivity contribution is 0.254. The second kappa shape index (κ2) is 10.6. The number of nitriles is 1. The van der Waals surface area contributed by atoms with Gasteiger partial charge in [-0.05, 0) is 43.4 Å². The van der Waals surface area contributed by atoms with Crippen LogP contribution in [0.5, 0.6) is 0 Å². The Morgan fingerprint density at radius 3 is 2.70 bits per heavy atom. The Labute approximate surface area is 192 Å². The summed E-state index contributed by atoms with van der Waals surface area (Å²) in [6.45, 7) is 2.41. The number of hydrogen-bond donors (Lipinski definition) is 1. The normalized spacial score (nSPS) is 15.9. The molecule has 2 N–H and O–H groups in total. The standard InChI is InChI=1S/C24H29F2N5O2/c1-15(4-7-19(13-25)33-3)21-22(16-5-6-17(14-27)20(26)12-16)29-24(30(2)23(21)32)31-10-8-18(28)9-11-31/h5-7,12,15,18H,4,8-11,13,28H2,1-3H3/b19-7+. The van der Waals surface area contributed by atoms with Crippen molar-refractivity contribution in [2.24, 2.45) is 12.8 Å². The van der Waals surface area contributed by atoms with Crippen molar-refractivity contribution in [2.75, 3.05) is 31.8 Å². The van der Waals surface area contributed by atoms with Crippen LogP contribution in [-0.4, -0.2) is 42.5 Å². The summed E-state index contributed by atoms with van der Waals surface area (Å²) in [5.74, 6) is -0.357. The van der Waals surface area contributed by atoms with Crippen molar-refractivity contribution < 1.29 is 13.5 Å². The summed E-state index contributed by atoms with van der Waals surface area (Å²) < 4.78 is 34.0. The highest BCUT2D eigenvalue weighted by molar-refractivity contribution is 5.66. The highest BCUT2D eigenvalue weighted by Gasteiger charge is 2.25. The fourth-order valence-corrected chi connectivity index (χ4v) is 4.03. The molecule has 1 aromatic carbocycles. The van der Waals surface area contributed by atoms with E-state index in [1.54, 1.807) is 25.3 Å². The molecular weight excluding hydrogens is 428 g/mol. The number of allylic oxidation sites excluding steroid dienone is 2.